The minimum atomic E-state index is -0.741. The molecule has 0 spiro atoms. The van der Waals surface area contributed by atoms with Gasteiger partial charge in [-0.3, -0.25) is 4.79 Å². The van der Waals surface area contributed by atoms with Gasteiger partial charge in [0.15, 0.2) is 0 Å². The van der Waals surface area contributed by atoms with Crippen molar-refractivity contribution in [2.24, 2.45) is 17.6 Å². The monoisotopic (exact) mass is 259 g/mol. The standard InChI is InChI=1S/C11H25N.C4H8O2/c1-5-6-7-8-9-10(2)11(3,4)12;1-3(2)4(5)6/h10H,5-9,12H2,1-4H3;3H,1-2H3,(H,5,6). The van der Waals surface area contributed by atoms with Gasteiger partial charge in [-0.25, -0.2) is 0 Å². The van der Waals surface area contributed by atoms with Crippen LogP contribution in [0.2, 0.25) is 0 Å². The lowest BCUT2D eigenvalue weighted by Gasteiger charge is -2.27. The second-order valence-corrected chi connectivity index (χ2v) is 6.06. The minimum absolute atomic E-state index is 0.00617. The van der Waals surface area contributed by atoms with Crippen LogP contribution in [0.25, 0.3) is 0 Å². The molecule has 0 saturated heterocycles. The first-order valence-corrected chi connectivity index (χ1v) is 7.14. The number of unbranched alkanes of at least 4 members (excludes halogenated alkanes) is 3. The van der Waals surface area contributed by atoms with E-state index in [1.807, 2.05) is 0 Å². The normalized spacial score (nSPS) is 12.9. The molecular formula is C15H33NO2. The summed E-state index contributed by atoms with van der Waals surface area (Å²) < 4.78 is 0. The van der Waals surface area contributed by atoms with E-state index >= 15 is 0 Å². The number of rotatable bonds is 7. The summed E-state index contributed by atoms with van der Waals surface area (Å²) in [5.74, 6) is -0.325. The minimum Gasteiger partial charge on any atom is -0.481 e. The maximum atomic E-state index is 9.70. The third kappa shape index (κ3) is 13.5. The molecule has 0 aliphatic rings. The molecule has 3 N–H and O–H groups in total. The van der Waals surface area contributed by atoms with Crippen LogP contribution in [0.5, 0.6) is 0 Å². The molecule has 1 atom stereocenters. The molecule has 0 aliphatic carbocycles. The maximum Gasteiger partial charge on any atom is 0.305 e. The molecule has 0 aromatic heterocycles. The molecule has 0 aliphatic heterocycles. The molecule has 0 heterocycles. The van der Waals surface area contributed by atoms with E-state index in [9.17, 15) is 4.79 Å². The predicted molar refractivity (Wildman–Crippen MR) is 78.7 cm³/mol. The van der Waals surface area contributed by atoms with Crippen LogP contribution in [0.15, 0.2) is 0 Å². The lowest BCUT2D eigenvalue weighted by molar-refractivity contribution is -0.140. The van der Waals surface area contributed by atoms with Gasteiger partial charge in [0.25, 0.3) is 0 Å². The summed E-state index contributed by atoms with van der Waals surface area (Å²) in [7, 11) is 0. The van der Waals surface area contributed by atoms with E-state index in [2.05, 4.69) is 27.7 Å². The number of carbonyl (C=O) groups is 1. The number of aliphatic carboxylic acids is 1. The Labute approximate surface area is 113 Å². The summed E-state index contributed by atoms with van der Waals surface area (Å²) >= 11 is 0. The molecule has 0 amide bonds. The highest BCUT2D eigenvalue weighted by molar-refractivity contribution is 5.68. The Bertz CT molecular complexity index is 207. The number of carboxylic acid groups (broad SMARTS) is 1. The zero-order valence-electron chi connectivity index (χ0n) is 13.1. The van der Waals surface area contributed by atoms with Gasteiger partial charge in [0.2, 0.25) is 0 Å². The van der Waals surface area contributed by atoms with Crippen molar-refractivity contribution in [3.63, 3.8) is 0 Å². The van der Waals surface area contributed by atoms with Crippen LogP contribution in [-0.2, 0) is 4.79 Å². The van der Waals surface area contributed by atoms with Crippen molar-refractivity contribution in [2.45, 2.75) is 79.2 Å². The fourth-order valence-corrected chi connectivity index (χ4v) is 1.25. The topological polar surface area (TPSA) is 63.3 Å². The zero-order chi connectivity index (χ0) is 14.8. The first-order chi connectivity index (χ1) is 8.12. The van der Waals surface area contributed by atoms with Crippen molar-refractivity contribution in [3.8, 4) is 0 Å². The van der Waals surface area contributed by atoms with Crippen LogP contribution in [0, 0.1) is 11.8 Å². The highest BCUT2D eigenvalue weighted by atomic mass is 16.4. The summed E-state index contributed by atoms with van der Waals surface area (Å²) in [5.41, 5.74) is 6.00. The smallest absolute Gasteiger partial charge is 0.305 e. The second-order valence-electron chi connectivity index (χ2n) is 6.06. The Morgan fingerprint density at radius 2 is 1.61 bits per heavy atom. The van der Waals surface area contributed by atoms with Gasteiger partial charge in [-0.15, -0.1) is 0 Å². The molecule has 0 aromatic carbocycles. The Kier molecular flexibility index (Phi) is 11.4. The molecule has 3 nitrogen and oxygen atoms in total. The quantitative estimate of drug-likeness (QED) is 0.678. The van der Waals surface area contributed by atoms with Crippen molar-refractivity contribution in [2.75, 3.05) is 0 Å². The molecule has 0 saturated carbocycles. The fraction of sp³-hybridized carbons (Fsp3) is 0.933. The molecule has 110 valence electrons. The van der Waals surface area contributed by atoms with Crippen LogP contribution < -0.4 is 5.73 Å². The van der Waals surface area contributed by atoms with Crippen molar-refractivity contribution < 1.29 is 9.90 Å². The van der Waals surface area contributed by atoms with Gasteiger partial charge < -0.3 is 10.8 Å². The summed E-state index contributed by atoms with van der Waals surface area (Å²) in [6.45, 7) is 12.0. The zero-order valence-corrected chi connectivity index (χ0v) is 13.1. The van der Waals surface area contributed by atoms with E-state index < -0.39 is 5.97 Å². The number of nitrogens with two attached hydrogens (primary N) is 1. The van der Waals surface area contributed by atoms with Gasteiger partial charge in [-0.1, -0.05) is 53.4 Å². The Balaban J connectivity index is 0. The van der Waals surface area contributed by atoms with E-state index in [1.165, 1.54) is 32.1 Å². The van der Waals surface area contributed by atoms with Crippen LogP contribution in [0.3, 0.4) is 0 Å². The molecule has 18 heavy (non-hydrogen) atoms. The number of hydrogen-bond donors (Lipinski definition) is 2. The fourth-order valence-electron chi connectivity index (χ4n) is 1.25. The van der Waals surface area contributed by atoms with Gasteiger partial charge in [0, 0.05) is 5.54 Å². The van der Waals surface area contributed by atoms with E-state index in [0.29, 0.717) is 5.92 Å². The van der Waals surface area contributed by atoms with Crippen molar-refractivity contribution in [1.82, 2.24) is 0 Å². The molecule has 3 heteroatoms. The second kappa shape index (κ2) is 10.4. The predicted octanol–water partition coefficient (Wildman–Crippen LogP) is 4.06. The van der Waals surface area contributed by atoms with Crippen molar-refractivity contribution >= 4 is 5.97 Å². The summed E-state index contributed by atoms with van der Waals surface area (Å²) in [5, 5.41) is 7.99. The third-order valence-corrected chi connectivity index (χ3v) is 3.25. The van der Waals surface area contributed by atoms with Crippen molar-refractivity contribution in [3.05, 3.63) is 0 Å². The van der Waals surface area contributed by atoms with E-state index in [4.69, 9.17) is 10.8 Å². The van der Waals surface area contributed by atoms with E-state index in [0.717, 1.165) is 0 Å². The van der Waals surface area contributed by atoms with Gasteiger partial charge >= 0.3 is 5.97 Å². The number of carboxylic acids is 1. The summed E-state index contributed by atoms with van der Waals surface area (Å²) in [4.78, 5) is 9.70. The first-order valence-electron chi connectivity index (χ1n) is 7.14. The van der Waals surface area contributed by atoms with Gasteiger partial charge in [0.1, 0.15) is 0 Å². The molecule has 0 fully saturated rings. The number of hydrogen-bond acceptors (Lipinski definition) is 2. The van der Waals surface area contributed by atoms with Crippen LogP contribution in [0.1, 0.15) is 73.6 Å². The molecule has 0 aromatic rings. The van der Waals surface area contributed by atoms with Gasteiger partial charge in [0.05, 0.1) is 5.92 Å². The van der Waals surface area contributed by atoms with Crippen LogP contribution in [0.4, 0.5) is 0 Å². The third-order valence-electron chi connectivity index (χ3n) is 3.25. The average molecular weight is 259 g/mol. The average Bonchev–Trinajstić information content (AvgIpc) is 2.23. The molecule has 0 rings (SSSR count). The Morgan fingerprint density at radius 3 is 1.89 bits per heavy atom. The molecule has 0 bridgehead atoms. The molecule has 0 radical (unpaired) electrons. The lowest BCUT2D eigenvalue weighted by atomic mass is 9.86. The Hall–Kier alpha value is -0.570. The lowest BCUT2D eigenvalue weighted by Crippen LogP contribution is -2.39. The molecule has 1 unspecified atom stereocenters. The summed E-state index contributed by atoms with van der Waals surface area (Å²) in [6, 6.07) is 0. The van der Waals surface area contributed by atoms with Gasteiger partial charge in [-0.2, -0.15) is 0 Å². The van der Waals surface area contributed by atoms with E-state index in [-0.39, 0.29) is 11.5 Å². The van der Waals surface area contributed by atoms with Crippen LogP contribution >= 0.6 is 0 Å². The largest absolute Gasteiger partial charge is 0.481 e. The van der Waals surface area contributed by atoms with Crippen molar-refractivity contribution in [1.29, 1.82) is 0 Å². The highest BCUT2D eigenvalue weighted by Gasteiger charge is 2.19. The highest BCUT2D eigenvalue weighted by Crippen LogP contribution is 2.19. The SMILES string of the molecule is CC(C)C(=O)O.CCCCCCC(C)C(C)(C)N. The summed E-state index contributed by atoms with van der Waals surface area (Å²) in [6.07, 6.45) is 6.69. The first kappa shape index (κ1) is 19.8. The van der Waals surface area contributed by atoms with E-state index in [1.54, 1.807) is 13.8 Å². The molecular weight excluding hydrogens is 226 g/mol. The van der Waals surface area contributed by atoms with Gasteiger partial charge in [-0.05, 0) is 26.2 Å². The maximum absolute atomic E-state index is 9.70. The van der Waals surface area contributed by atoms with Crippen LogP contribution in [-0.4, -0.2) is 16.6 Å². The Morgan fingerprint density at radius 1 is 1.17 bits per heavy atom.